The van der Waals surface area contributed by atoms with Gasteiger partial charge < -0.3 is 15.0 Å². The number of nitrogens with zero attached hydrogens (tertiary/aromatic N) is 2. The predicted octanol–water partition coefficient (Wildman–Crippen LogP) is 5.32. The number of halogens is 2. The smallest absolute Gasteiger partial charge is 0.243 e. The van der Waals surface area contributed by atoms with Gasteiger partial charge in [-0.1, -0.05) is 59.6 Å². The molecule has 3 aromatic rings. The Hall–Kier alpha value is -3.27. The van der Waals surface area contributed by atoms with E-state index >= 15 is 0 Å². The molecule has 3 aromatic carbocycles. The number of carbonyl (C=O) groups excluding carboxylic acids is 2. The van der Waals surface area contributed by atoms with Crippen LogP contribution in [0.25, 0.3) is 0 Å². The molecule has 220 valence electrons. The summed E-state index contributed by atoms with van der Waals surface area (Å²) in [6.45, 7) is 2.44. The van der Waals surface area contributed by atoms with Gasteiger partial charge in [0.25, 0.3) is 0 Å². The number of ether oxygens (including phenoxy) is 1. The average molecular weight is 621 g/mol. The number of nitrogens with one attached hydrogen (secondary N) is 1. The minimum atomic E-state index is -3.61. The molecule has 0 aliphatic carbocycles. The number of hydrogen-bond donors (Lipinski definition) is 1. The van der Waals surface area contributed by atoms with Crippen molar-refractivity contribution < 1.29 is 22.7 Å². The Morgan fingerprint density at radius 3 is 2.22 bits per heavy atom. The minimum Gasteiger partial charge on any atom is -0.497 e. The second kappa shape index (κ2) is 15.1. The number of anilines is 1. The molecule has 0 heterocycles. The van der Waals surface area contributed by atoms with Gasteiger partial charge >= 0.3 is 0 Å². The molecule has 0 fully saturated rings. The molecule has 0 spiro atoms. The number of amides is 2. The third-order valence-electron chi connectivity index (χ3n) is 6.47. The second-order valence-corrected chi connectivity index (χ2v) is 12.2. The van der Waals surface area contributed by atoms with Crippen LogP contribution < -0.4 is 14.4 Å². The Bertz CT molecular complexity index is 1420. The Morgan fingerprint density at radius 2 is 1.63 bits per heavy atom. The lowest BCUT2D eigenvalue weighted by Gasteiger charge is -2.32. The summed E-state index contributed by atoms with van der Waals surface area (Å²) in [6, 6.07) is 20.4. The zero-order valence-electron chi connectivity index (χ0n) is 23.3. The van der Waals surface area contributed by atoms with Crippen molar-refractivity contribution in [3.63, 3.8) is 0 Å². The lowest BCUT2D eigenvalue weighted by Crippen LogP contribution is -2.50. The van der Waals surface area contributed by atoms with Crippen LogP contribution in [0.3, 0.4) is 0 Å². The van der Waals surface area contributed by atoms with Gasteiger partial charge in [-0.15, -0.1) is 0 Å². The van der Waals surface area contributed by atoms with Crippen LogP contribution in [0.4, 0.5) is 5.69 Å². The predicted molar refractivity (Wildman–Crippen MR) is 164 cm³/mol. The molecule has 0 saturated carbocycles. The summed E-state index contributed by atoms with van der Waals surface area (Å²) < 4.78 is 31.6. The van der Waals surface area contributed by atoms with Crippen LogP contribution in [0.15, 0.2) is 72.8 Å². The van der Waals surface area contributed by atoms with E-state index in [1.807, 2.05) is 37.3 Å². The molecule has 11 heteroatoms. The molecular weight excluding hydrogens is 585 g/mol. The lowest BCUT2D eigenvalue weighted by atomic mass is 10.0. The normalized spacial score (nSPS) is 11.9. The zero-order chi connectivity index (χ0) is 30.0. The minimum absolute atomic E-state index is 0.0220. The van der Waals surface area contributed by atoms with E-state index in [9.17, 15) is 18.0 Å². The first-order chi connectivity index (χ1) is 19.5. The highest BCUT2D eigenvalue weighted by molar-refractivity contribution is 7.92. The van der Waals surface area contributed by atoms with Crippen LogP contribution in [-0.2, 0) is 32.6 Å². The first-order valence-electron chi connectivity index (χ1n) is 13.2. The number of hydrogen-bond acceptors (Lipinski definition) is 5. The standard InChI is InChI=1S/C30H35Cl2N3O5S/c1-4-33-30(37)28(20-22-9-6-5-7-10-22)34(21-23-12-17-26(31)27(32)19-23)29(36)11-8-18-35(41(3,38)39)24-13-15-25(40-2)16-14-24/h5-7,9-10,12-17,19,28H,4,8,11,18,20-21H2,1-3H3,(H,33,37)/t28-/m0/s1. The maximum Gasteiger partial charge on any atom is 0.243 e. The number of methoxy groups -OCH3 is 1. The van der Waals surface area contributed by atoms with Crippen molar-refractivity contribution in [1.82, 2.24) is 10.2 Å². The summed E-state index contributed by atoms with van der Waals surface area (Å²) in [5, 5.41) is 3.59. The summed E-state index contributed by atoms with van der Waals surface area (Å²) in [5.74, 6) is 0.0392. The quantitative estimate of drug-likeness (QED) is 0.263. The van der Waals surface area contributed by atoms with E-state index < -0.39 is 16.1 Å². The van der Waals surface area contributed by atoms with Gasteiger partial charge in [-0.25, -0.2) is 8.42 Å². The van der Waals surface area contributed by atoms with Gasteiger partial charge in [0.05, 0.1) is 29.1 Å². The highest BCUT2D eigenvalue weighted by Crippen LogP contribution is 2.25. The molecule has 0 radical (unpaired) electrons. The second-order valence-electron chi connectivity index (χ2n) is 9.51. The summed E-state index contributed by atoms with van der Waals surface area (Å²) in [5.41, 5.74) is 2.09. The van der Waals surface area contributed by atoms with Gasteiger partial charge in [0.1, 0.15) is 11.8 Å². The Morgan fingerprint density at radius 1 is 0.951 bits per heavy atom. The Labute approximate surface area is 252 Å². The van der Waals surface area contributed by atoms with E-state index in [4.69, 9.17) is 27.9 Å². The van der Waals surface area contributed by atoms with Gasteiger partial charge in [0, 0.05) is 32.5 Å². The number of rotatable bonds is 14. The highest BCUT2D eigenvalue weighted by Gasteiger charge is 2.30. The highest BCUT2D eigenvalue weighted by atomic mass is 35.5. The van der Waals surface area contributed by atoms with E-state index in [0.717, 1.165) is 11.8 Å². The van der Waals surface area contributed by atoms with E-state index in [2.05, 4.69) is 5.32 Å². The monoisotopic (exact) mass is 619 g/mol. The molecule has 0 saturated heterocycles. The van der Waals surface area contributed by atoms with Crippen LogP contribution >= 0.6 is 23.2 Å². The molecule has 41 heavy (non-hydrogen) atoms. The van der Waals surface area contributed by atoms with Crippen molar-refractivity contribution >= 4 is 50.7 Å². The molecule has 1 atom stereocenters. The van der Waals surface area contributed by atoms with Crippen molar-refractivity contribution in [3.8, 4) is 5.75 Å². The third kappa shape index (κ3) is 9.38. The molecule has 3 rings (SSSR count). The van der Waals surface area contributed by atoms with E-state index in [0.29, 0.717) is 40.0 Å². The van der Waals surface area contributed by atoms with E-state index in [-0.39, 0.29) is 37.7 Å². The van der Waals surface area contributed by atoms with E-state index in [1.165, 1.54) is 16.3 Å². The van der Waals surface area contributed by atoms with E-state index in [1.54, 1.807) is 42.5 Å². The first kappa shape index (κ1) is 32.2. The maximum absolute atomic E-state index is 13.8. The molecule has 0 aromatic heterocycles. The van der Waals surface area contributed by atoms with Gasteiger partial charge in [-0.3, -0.25) is 13.9 Å². The van der Waals surface area contributed by atoms with Crippen LogP contribution in [0.5, 0.6) is 5.75 Å². The molecule has 2 amide bonds. The van der Waals surface area contributed by atoms with Gasteiger partial charge in [0.15, 0.2) is 0 Å². The Kier molecular flexibility index (Phi) is 11.9. The van der Waals surface area contributed by atoms with Crippen molar-refractivity contribution in [2.45, 2.75) is 38.8 Å². The average Bonchev–Trinajstić information content (AvgIpc) is 2.95. The molecule has 1 N–H and O–H groups in total. The van der Waals surface area contributed by atoms with Crippen LogP contribution in [0.2, 0.25) is 10.0 Å². The molecule has 0 bridgehead atoms. The van der Waals surface area contributed by atoms with Gasteiger partial charge in [0.2, 0.25) is 21.8 Å². The third-order valence-corrected chi connectivity index (χ3v) is 8.40. The lowest BCUT2D eigenvalue weighted by molar-refractivity contribution is -0.141. The molecule has 0 unspecified atom stereocenters. The fourth-order valence-corrected chi connectivity index (χ4v) is 5.72. The molecular formula is C30H35Cl2N3O5S. The topological polar surface area (TPSA) is 96.0 Å². The van der Waals surface area contributed by atoms with Crippen molar-refractivity contribution in [1.29, 1.82) is 0 Å². The fraction of sp³-hybridized carbons (Fsp3) is 0.333. The maximum atomic E-state index is 13.8. The SMILES string of the molecule is CCNC(=O)[C@H](Cc1ccccc1)N(Cc1ccc(Cl)c(Cl)c1)C(=O)CCCN(c1ccc(OC)cc1)S(C)(=O)=O. The number of likely N-dealkylation sites (N-methyl/N-ethyl adjacent to an activating group) is 1. The fourth-order valence-electron chi connectivity index (χ4n) is 4.43. The van der Waals surface area contributed by atoms with Crippen LogP contribution in [0, 0.1) is 0 Å². The van der Waals surface area contributed by atoms with Gasteiger partial charge in [-0.05, 0) is 60.9 Å². The number of sulfonamides is 1. The summed E-state index contributed by atoms with van der Waals surface area (Å²) in [4.78, 5) is 28.6. The van der Waals surface area contributed by atoms with Crippen LogP contribution in [-0.4, -0.2) is 57.6 Å². The summed E-state index contributed by atoms with van der Waals surface area (Å²) in [7, 11) is -2.08. The van der Waals surface area contributed by atoms with Crippen molar-refractivity contribution in [3.05, 3.63) is 94.0 Å². The summed E-state index contributed by atoms with van der Waals surface area (Å²) in [6.07, 6.45) is 1.69. The number of benzene rings is 3. The first-order valence-corrected chi connectivity index (χ1v) is 15.8. The molecule has 8 nitrogen and oxygen atoms in total. The zero-order valence-corrected chi connectivity index (χ0v) is 25.7. The summed E-state index contributed by atoms with van der Waals surface area (Å²) >= 11 is 12.4. The van der Waals surface area contributed by atoms with Crippen LogP contribution in [0.1, 0.15) is 30.9 Å². The van der Waals surface area contributed by atoms with Crippen molar-refractivity contribution in [2.24, 2.45) is 0 Å². The molecule has 0 aliphatic rings. The largest absolute Gasteiger partial charge is 0.497 e. The van der Waals surface area contributed by atoms with Gasteiger partial charge in [-0.2, -0.15) is 0 Å². The number of carbonyl (C=O) groups is 2. The van der Waals surface area contributed by atoms with Crippen molar-refractivity contribution in [2.75, 3.05) is 30.8 Å². The Balaban J connectivity index is 1.87. The molecule has 0 aliphatic heterocycles.